The minimum Gasteiger partial charge on any atom is -0.497 e. The molecule has 23 heavy (non-hydrogen) atoms. The second-order valence-electron chi connectivity index (χ2n) is 5.21. The first-order valence-corrected chi connectivity index (χ1v) is 7.60. The molecule has 0 aliphatic carbocycles. The molecule has 1 aromatic carbocycles. The van der Waals surface area contributed by atoms with Gasteiger partial charge in [0.05, 0.1) is 13.7 Å². The maximum atomic E-state index is 12.0. The summed E-state index contributed by atoms with van der Waals surface area (Å²) >= 11 is 0. The zero-order valence-corrected chi connectivity index (χ0v) is 13.5. The minimum atomic E-state index is -0.505. The van der Waals surface area contributed by atoms with E-state index in [2.05, 4.69) is 10.3 Å². The Hall–Kier alpha value is -2.40. The highest BCUT2D eigenvalue weighted by Crippen LogP contribution is 2.13. The Morgan fingerprint density at radius 2 is 2.09 bits per heavy atom. The Kier molecular flexibility index (Phi) is 6.56. The predicted octanol–water partition coefficient (Wildman–Crippen LogP) is 2.35. The number of benzene rings is 1. The van der Waals surface area contributed by atoms with E-state index in [9.17, 15) is 4.79 Å². The van der Waals surface area contributed by atoms with Crippen LogP contribution in [0.3, 0.4) is 0 Å². The summed E-state index contributed by atoms with van der Waals surface area (Å²) in [5, 5.41) is 2.87. The van der Waals surface area contributed by atoms with Crippen LogP contribution in [0.25, 0.3) is 0 Å². The summed E-state index contributed by atoms with van der Waals surface area (Å²) < 4.78 is 10.8. The van der Waals surface area contributed by atoms with Crippen LogP contribution in [0.5, 0.6) is 5.75 Å². The molecule has 5 heteroatoms. The van der Waals surface area contributed by atoms with Crippen LogP contribution in [0.1, 0.15) is 18.1 Å². The van der Waals surface area contributed by atoms with Crippen molar-refractivity contribution in [2.45, 2.75) is 26.1 Å². The number of rotatable bonds is 8. The molecule has 2 rings (SSSR count). The number of nitrogens with one attached hydrogen (secondary N) is 1. The van der Waals surface area contributed by atoms with Crippen molar-refractivity contribution < 1.29 is 14.3 Å². The molecule has 122 valence electrons. The highest BCUT2D eigenvalue weighted by atomic mass is 16.5. The summed E-state index contributed by atoms with van der Waals surface area (Å²) in [4.78, 5) is 16.0. The van der Waals surface area contributed by atoms with E-state index in [0.29, 0.717) is 13.2 Å². The van der Waals surface area contributed by atoms with Gasteiger partial charge in [0.2, 0.25) is 5.91 Å². The molecule has 0 bridgehead atoms. The van der Waals surface area contributed by atoms with Gasteiger partial charge in [-0.2, -0.15) is 0 Å². The van der Waals surface area contributed by atoms with Crippen LogP contribution >= 0.6 is 0 Å². The summed E-state index contributed by atoms with van der Waals surface area (Å²) in [5.74, 6) is 0.663. The number of pyridine rings is 1. The van der Waals surface area contributed by atoms with Crippen molar-refractivity contribution in [1.82, 2.24) is 10.3 Å². The van der Waals surface area contributed by atoms with Crippen molar-refractivity contribution in [3.63, 3.8) is 0 Å². The molecule has 0 saturated carbocycles. The van der Waals surface area contributed by atoms with Crippen molar-refractivity contribution in [2.24, 2.45) is 0 Å². The summed E-state index contributed by atoms with van der Waals surface area (Å²) in [6, 6.07) is 11.5. The lowest BCUT2D eigenvalue weighted by Gasteiger charge is -2.14. The Bertz CT molecular complexity index is 617. The molecule has 0 fully saturated rings. The lowest BCUT2D eigenvalue weighted by Crippen LogP contribution is -2.35. The van der Waals surface area contributed by atoms with E-state index in [4.69, 9.17) is 9.47 Å². The second-order valence-corrected chi connectivity index (χ2v) is 5.21. The van der Waals surface area contributed by atoms with Crippen molar-refractivity contribution in [3.8, 4) is 5.75 Å². The van der Waals surface area contributed by atoms with Crippen LogP contribution in [-0.2, 0) is 22.6 Å². The van der Waals surface area contributed by atoms with Crippen molar-refractivity contribution in [1.29, 1.82) is 0 Å². The van der Waals surface area contributed by atoms with Gasteiger partial charge in [-0.15, -0.1) is 0 Å². The molecule has 0 radical (unpaired) electrons. The standard InChI is InChI=1S/C18H22N2O3/c1-14(23-13-16-5-3-7-17(11-16)22-2)18(21)20-10-8-15-6-4-9-19-12-15/h3-7,9,11-12,14H,8,10,13H2,1-2H3,(H,20,21)/t14-/m0/s1. The van der Waals surface area contributed by atoms with Crippen LogP contribution in [0.15, 0.2) is 48.8 Å². The van der Waals surface area contributed by atoms with E-state index in [0.717, 1.165) is 23.3 Å². The van der Waals surface area contributed by atoms with E-state index in [-0.39, 0.29) is 5.91 Å². The Balaban J connectivity index is 1.72. The number of hydrogen-bond acceptors (Lipinski definition) is 4. The molecular weight excluding hydrogens is 292 g/mol. The van der Waals surface area contributed by atoms with Gasteiger partial charge < -0.3 is 14.8 Å². The van der Waals surface area contributed by atoms with E-state index < -0.39 is 6.10 Å². The van der Waals surface area contributed by atoms with Gasteiger partial charge in [0.1, 0.15) is 11.9 Å². The van der Waals surface area contributed by atoms with Gasteiger partial charge in [-0.25, -0.2) is 0 Å². The number of aromatic nitrogens is 1. The number of hydrogen-bond donors (Lipinski definition) is 1. The second kappa shape index (κ2) is 8.90. The van der Waals surface area contributed by atoms with Crippen molar-refractivity contribution >= 4 is 5.91 Å². The molecule has 1 aromatic heterocycles. The molecule has 0 saturated heterocycles. The lowest BCUT2D eigenvalue weighted by molar-refractivity contribution is -0.132. The topological polar surface area (TPSA) is 60.5 Å². The molecule has 1 amide bonds. The summed E-state index contributed by atoms with van der Waals surface area (Å²) in [7, 11) is 1.62. The number of amides is 1. The fraction of sp³-hybridized carbons (Fsp3) is 0.333. The number of carbonyl (C=O) groups excluding carboxylic acids is 1. The van der Waals surface area contributed by atoms with Crippen LogP contribution in [0.4, 0.5) is 0 Å². The van der Waals surface area contributed by atoms with E-state index in [1.54, 1.807) is 26.4 Å². The van der Waals surface area contributed by atoms with Crippen molar-refractivity contribution in [3.05, 3.63) is 59.9 Å². The van der Waals surface area contributed by atoms with Gasteiger partial charge in [0.15, 0.2) is 0 Å². The maximum Gasteiger partial charge on any atom is 0.248 e. The SMILES string of the molecule is COc1cccc(CO[C@@H](C)C(=O)NCCc2cccnc2)c1. The van der Waals surface area contributed by atoms with Crippen LogP contribution in [-0.4, -0.2) is 30.6 Å². The fourth-order valence-electron chi connectivity index (χ4n) is 2.08. The minimum absolute atomic E-state index is 0.114. The zero-order chi connectivity index (χ0) is 16.5. The molecule has 1 heterocycles. The monoisotopic (exact) mass is 314 g/mol. The number of methoxy groups -OCH3 is 1. The average molecular weight is 314 g/mol. The first kappa shape index (κ1) is 17.0. The predicted molar refractivity (Wildman–Crippen MR) is 88.2 cm³/mol. The van der Waals surface area contributed by atoms with E-state index in [1.165, 1.54) is 0 Å². The van der Waals surface area contributed by atoms with Gasteiger partial charge in [-0.1, -0.05) is 18.2 Å². The largest absolute Gasteiger partial charge is 0.497 e. The highest BCUT2D eigenvalue weighted by Gasteiger charge is 2.12. The quantitative estimate of drug-likeness (QED) is 0.812. The van der Waals surface area contributed by atoms with Gasteiger partial charge in [-0.05, 0) is 42.7 Å². The van der Waals surface area contributed by atoms with Crippen LogP contribution in [0, 0.1) is 0 Å². The van der Waals surface area contributed by atoms with Gasteiger partial charge >= 0.3 is 0 Å². The lowest BCUT2D eigenvalue weighted by atomic mass is 10.2. The van der Waals surface area contributed by atoms with Crippen LogP contribution < -0.4 is 10.1 Å². The third kappa shape index (κ3) is 5.71. The summed E-state index contributed by atoms with van der Waals surface area (Å²) in [6.07, 6.45) is 3.78. The summed E-state index contributed by atoms with van der Waals surface area (Å²) in [5.41, 5.74) is 2.07. The van der Waals surface area contributed by atoms with Gasteiger partial charge in [-0.3, -0.25) is 9.78 Å². The Labute approximate surface area is 136 Å². The van der Waals surface area contributed by atoms with Gasteiger partial charge in [0.25, 0.3) is 0 Å². The zero-order valence-electron chi connectivity index (χ0n) is 13.5. The molecule has 1 N–H and O–H groups in total. The molecule has 0 aliphatic rings. The average Bonchev–Trinajstić information content (AvgIpc) is 2.60. The molecule has 5 nitrogen and oxygen atoms in total. The molecule has 0 spiro atoms. The normalized spacial score (nSPS) is 11.7. The van der Waals surface area contributed by atoms with Crippen molar-refractivity contribution in [2.75, 3.05) is 13.7 Å². The van der Waals surface area contributed by atoms with E-state index in [1.807, 2.05) is 36.4 Å². The molecule has 0 aliphatic heterocycles. The molecule has 1 atom stereocenters. The third-order valence-electron chi connectivity index (χ3n) is 3.44. The summed E-state index contributed by atoms with van der Waals surface area (Å²) in [6.45, 7) is 2.69. The smallest absolute Gasteiger partial charge is 0.248 e. The first-order chi connectivity index (χ1) is 11.2. The maximum absolute atomic E-state index is 12.0. The van der Waals surface area contributed by atoms with E-state index >= 15 is 0 Å². The van der Waals surface area contributed by atoms with Gasteiger partial charge in [0, 0.05) is 18.9 Å². The number of nitrogens with zero attached hydrogens (tertiary/aromatic N) is 1. The first-order valence-electron chi connectivity index (χ1n) is 7.60. The fourth-order valence-corrected chi connectivity index (χ4v) is 2.08. The highest BCUT2D eigenvalue weighted by molar-refractivity contribution is 5.80. The third-order valence-corrected chi connectivity index (χ3v) is 3.44. The Morgan fingerprint density at radius 3 is 2.83 bits per heavy atom. The molecule has 2 aromatic rings. The molecular formula is C18H22N2O3. The Morgan fingerprint density at radius 1 is 1.26 bits per heavy atom. The number of ether oxygens (including phenoxy) is 2. The molecule has 0 unspecified atom stereocenters. The van der Waals surface area contributed by atoms with Crippen LogP contribution in [0.2, 0.25) is 0 Å². The number of carbonyl (C=O) groups is 1.